The average molecular weight is 331 g/mol. The van der Waals surface area contributed by atoms with Gasteiger partial charge in [0, 0.05) is 56.1 Å². The van der Waals surface area contributed by atoms with Crippen molar-refractivity contribution in [1.29, 1.82) is 0 Å². The topological polar surface area (TPSA) is 61.4 Å². The Bertz CT molecular complexity index is 596. The van der Waals surface area contributed by atoms with E-state index < -0.39 is 0 Å². The standard InChI is InChI=1S/C16H21N5OS/c22-15(14-3-12-23-13-14)17-6-2-7-20-8-10-21(11-9-20)16-18-4-1-5-19-16/h1,3-5,12-13H,2,6-11H2,(H,17,22). The van der Waals surface area contributed by atoms with Gasteiger partial charge in [0.25, 0.3) is 5.91 Å². The summed E-state index contributed by atoms with van der Waals surface area (Å²) in [5.41, 5.74) is 0.756. The number of hydrogen-bond donors (Lipinski definition) is 1. The molecule has 1 amide bonds. The lowest BCUT2D eigenvalue weighted by atomic mass is 10.3. The molecule has 0 bridgehead atoms. The Morgan fingerprint density at radius 2 is 2.00 bits per heavy atom. The smallest absolute Gasteiger partial charge is 0.252 e. The predicted octanol–water partition coefficient (Wildman–Crippen LogP) is 1.48. The summed E-state index contributed by atoms with van der Waals surface area (Å²) in [6.45, 7) is 5.65. The van der Waals surface area contributed by atoms with Crippen LogP contribution in [-0.2, 0) is 0 Å². The number of nitrogens with one attached hydrogen (secondary N) is 1. The van der Waals surface area contributed by atoms with Gasteiger partial charge in [0.2, 0.25) is 5.95 Å². The zero-order valence-electron chi connectivity index (χ0n) is 13.0. The Kier molecular flexibility index (Phi) is 5.55. The lowest BCUT2D eigenvalue weighted by molar-refractivity contribution is 0.0952. The monoisotopic (exact) mass is 331 g/mol. The number of aromatic nitrogens is 2. The number of hydrogen-bond acceptors (Lipinski definition) is 6. The van der Waals surface area contributed by atoms with Gasteiger partial charge in [0.1, 0.15) is 0 Å². The number of carbonyl (C=O) groups excluding carboxylic acids is 1. The molecule has 1 aliphatic heterocycles. The van der Waals surface area contributed by atoms with Gasteiger partial charge in [-0.1, -0.05) is 0 Å². The summed E-state index contributed by atoms with van der Waals surface area (Å²) in [6.07, 6.45) is 4.54. The van der Waals surface area contributed by atoms with Crippen molar-refractivity contribution in [2.75, 3.05) is 44.2 Å². The van der Waals surface area contributed by atoms with Gasteiger partial charge in [-0.2, -0.15) is 11.3 Å². The summed E-state index contributed by atoms with van der Waals surface area (Å²) in [5.74, 6) is 0.840. The molecule has 7 heteroatoms. The first-order valence-electron chi connectivity index (χ1n) is 7.87. The predicted molar refractivity (Wildman–Crippen MR) is 92.0 cm³/mol. The van der Waals surface area contributed by atoms with Crippen molar-refractivity contribution < 1.29 is 4.79 Å². The second kappa shape index (κ2) is 8.03. The van der Waals surface area contributed by atoms with Crippen molar-refractivity contribution in [1.82, 2.24) is 20.2 Å². The molecule has 3 heterocycles. The normalized spacial score (nSPS) is 15.6. The number of carbonyl (C=O) groups is 1. The summed E-state index contributed by atoms with van der Waals surface area (Å²) in [5, 5.41) is 6.77. The molecule has 2 aromatic rings. The van der Waals surface area contributed by atoms with Crippen LogP contribution in [0.5, 0.6) is 0 Å². The second-order valence-corrected chi connectivity index (χ2v) is 6.28. The first kappa shape index (κ1) is 15.9. The summed E-state index contributed by atoms with van der Waals surface area (Å²) in [4.78, 5) is 25.1. The zero-order valence-corrected chi connectivity index (χ0v) is 13.8. The van der Waals surface area contributed by atoms with E-state index in [4.69, 9.17) is 0 Å². The fourth-order valence-corrected chi connectivity index (χ4v) is 3.26. The quantitative estimate of drug-likeness (QED) is 0.813. The van der Waals surface area contributed by atoms with Crippen molar-refractivity contribution in [2.45, 2.75) is 6.42 Å². The van der Waals surface area contributed by atoms with Crippen molar-refractivity contribution in [2.24, 2.45) is 0 Å². The van der Waals surface area contributed by atoms with Gasteiger partial charge in [-0.25, -0.2) is 9.97 Å². The van der Waals surface area contributed by atoms with Crippen molar-refractivity contribution in [3.05, 3.63) is 40.8 Å². The van der Waals surface area contributed by atoms with Crippen LogP contribution in [0.15, 0.2) is 35.3 Å². The molecule has 1 aliphatic rings. The van der Waals surface area contributed by atoms with Crippen LogP contribution >= 0.6 is 11.3 Å². The first-order chi connectivity index (χ1) is 11.3. The van der Waals surface area contributed by atoms with Crippen LogP contribution in [-0.4, -0.2) is 60.0 Å². The molecule has 122 valence electrons. The Balaban J connectivity index is 1.33. The first-order valence-corrected chi connectivity index (χ1v) is 8.82. The lowest BCUT2D eigenvalue weighted by Crippen LogP contribution is -2.47. The highest BCUT2D eigenvalue weighted by Crippen LogP contribution is 2.10. The number of anilines is 1. The molecule has 0 aromatic carbocycles. The molecule has 1 saturated heterocycles. The fraction of sp³-hybridized carbons (Fsp3) is 0.438. The minimum atomic E-state index is 0.0253. The van der Waals surface area contributed by atoms with E-state index >= 15 is 0 Å². The number of rotatable bonds is 6. The summed E-state index contributed by atoms with van der Waals surface area (Å²) >= 11 is 1.54. The molecule has 0 radical (unpaired) electrons. The van der Waals surface area contributed by atoms with Gasteiger partial charge in [-0.15, -0.1) is 0 Å². The van der Waals surface area contributed by atoms with E-state index in [9.17, 15) is 4.79 Å². The highest BCUT2D eigenvalue weighted by atomic mass is 32.1. The maximum Gasteiger partial charge on any atom is 0.252 e. The van der Waals surface area contributed by atoms with Crippen LogP contribution in [0.3, 0.4) is 0 Å². The average Bonchev–Trinajstić information content (AvgIpc) is 3.15. The number of piperazine rings is 1. The largest absolute Gasteiger partial charge is 0.352 e. The molecule has 23 heavy (non-hydrogen) atoms. The molecule has 6 nitrogen and oxygen atoms in total. The van der Waals surface area contributed by atoms with Gasteiger partial charge in [-0.3, -0.25) is 9.69 Å². The third-order valence-electron chi connectivity index (χ3n) is 3.93. The Morgan fingerprint density at radius 3 is 2.70 bits per heavy atom. The van der Waals surface area contributed by atoms with E-state index in [2.05, 4.69) is 25.1 Å². The molecule has 2 aromatic heterocycles. The second-order valence-electron chi connectivity index (χ2n) is 5.50. The van der Waals surface area contributed by atoms with Crippen molar-refractivity contribution in [3.8, 4) is 0 Å². The Labute approximate surface area is 140 Å². The van der Waals surface area contributed by atoms with Crippen molar-refractivity contribution >= 4 is 23.2 Å². The van der Waals surface area contributed by atoms with E-state index in [1.807, 2.05) is 22.9 Å². The Morgan fingerprint density at radius 1 is 1.22 bits per heavy atom. The van der Waals surface area contributed by atoms with Gasteiger partial charge in [0.15, 0.2) is 0 Å². The minimum absolute atomic E-state index is 0.0253. The molecule has 3 rings (SSSR count). The lowest BCUT2D eigenvalue weighted by Gasteiger charge is -2.34. The molecular formula is C16H21N5OS. The van der Waals surface area contributed by atoms with Gasteiger partial charge in [-0.05, 0) is 30.5 Å². The van der Waals surface area contributed by atoms with Crippen molar-refractivity contribution in [3.63, 3.8) is 0 Å². The molecule has 1 fully saturated rings. The van der Waals surface area contributed by atoms with E-state index in [-0.39, 0.29) is 5.91 Å². The minimum Gasteiger partial charge on any atom is -0.352 e. The summed E-state index contributed by atoms with van der Waals surface area (Å²) < 4.78 is 0. The van der Waals surface area contributed by atoms with E-state index in [1.54, 1.807) is 23.7 Å². The van der Waals surface area contributed by atoms with Crippen LogP contribution in [0.1, 0.15) is 16.8 Å². The van der Waals surface area contributed by atoms with Crippen LogP contribution in [0.4, 0.5) is 5.95 Å². The zero-order chi connectivity index (χ0) is 15.9. The van der Waals surface area contributed by atoms with Gasteiger partial charge >= 0.3 is 0 Å². The fourth-order valence-electron chi connectivity index (χ4n) is 2.63. The van der Waals surface area contributed by atoms with Gasteiger partial charge < -0.3 is 10.2 Å². The summed E-state index contributed by atoms with van der Waals surface area (Å²) in [7, 11) is 0. The molecule has 0 aliphatic carbocycles. The molecule has 1 N–H and O–H groups in total. The Hall–Kier alpha value is -1.99. The van der Waals surface area contributed by atoms with E-state index in [0.717, 1.165) is 57.2 Å². The number of nitrogens with zero attached hydrogens (tertiary/aromatic N) is 4. The molecular weight excluding hydrogens is 310 g/mol. The van der Waals surface area contributed by atoms with Crippen LogP contribution in [0.25, 0.3) is 0 Å². The molecule has 0 unspecified atom stereocenters. The van der Waals surface area contributed by atoms with Crippen LogP contribution in [0, 0.1) is 0 Å². The highest BCUT2D eigenvalue weighted by molar-refractivity contribution is 7.08. The summed E-state index contributed by atoms with van der Waals surface area (Å²) in [6, 6.07) is 3.69. The number of amides is 1. The van der Waals surface area contributed by atoms with Crippen LogP contribution < -0.4 is 10.2 Å². The molecule has 0 saturated carbocycles. The SMILES string of the molecule is O=C(NCCCN1CCN(c2ncccn2)CC1)c1ccsc1. The van der Waals surface area contributed by atoms with E-state index in [0.29, 0.717) is 0 Å². The molecule has 0 atom stereocenters. The third-order valence-corrected chi connectivity index (χ3v) is 4.61. The molecule has 0 spiro atoms. The van der Waals surface area contributed by atoms with Gasteiger partial charge in [0.05, 0.1) is 0 Å². The highest BCUT2D eigenvalue weighted by Gasteiger charge is 2.18. The maximum absolute atomic E-state index is 11.8. The third kappa shape index (κ3) is 4.49. The van der Waals surface area contributed by atoms with E-state index in [1.165, 1.54) is 0 Å². The number of thiophene rings is 1. The maximum atomic E-state index is 11.8. The van der Waals surface area contributed by atoms with Crippen LogP contribution in [0.2, 0.25) is 0 Å².